The maximum Gasteiger partial charge on any atom is 0.128 e. The Morgan fingerprint density at radius 3 is 2.75 bits per heavy atom. The highest BCUT2D eigenvalue weighted by atomic mass is 16.5. The van der Waals surface area contributed by atoms with Gasteiger partial charge in [-0.25, -0.2) is 0 Å². The molecule has 4 heteroatoms. The van der Waals surface area contributed by atoms with E-state index in [1.54, 1.807) is 0 Å². The lowest BCUT2D eigenvalue weighted by Crippen LogP contribution is -2.60. The van der Waals surface area contributed by atoms with Crippen LogP contribution in [0.2, 0.25) is 0 Å². The third kappa shape index (κ3) is 3.64. The monoisotopic (exact) mass is 279 g/mol. The van der Waals surface area contributed by atoms with Gasteiger partial charge in [0.15, 0.2) is 0 Å². The van der Waals surface area contributed by atoms with Crippen LogP contribution in [0.3, 0.4) is 0 Å². The lowest BCUT2D eigenvalue weighted by Gasteiger charge is -2.43. The molecule has 0 aliphatic heterocycles. The molecule has 1 aliphatic carbocycles. The van der Waals surface area contributed by atoms with E-state index in [4.69, 9.17) is 14.2 Å². The Hall–Kier alpha value is -1.26. The maximum atomic E-state index is 6.03. The van der Waals surface area contributed by atoms with E-state index in [1.807, 2.05) is 38.2 Å². The molecule has 0 heterocycles. The van der Waals surface area contributed by atoms with Crippen molar-refractivity contribution in [3.63, 3.8) is 0 Å². The first-order chi connectivity index (χ1) is 9.78. The Bertz CT molecular complexity index is 410. The van der Waals surface area contributed by atoms with Crippen molar-refractivity contribution in [1.82, 2.24) is 5.32 Å². The second kappa shape index (κ2) is 7.50. The van der Waals surface area contributed by atoms with Crippen LogP contribution in [-0.4, -0.2) is 38.5 Å². The second-order valence-electron chi connectivity index (χ2n) is 5.03. The van der Waals surface area contributed by atoms with Gasteiger partial charge in [-0.15, -0.1) is 0 Å². The molecule has 3 atom stereocenters. The van der Waals surface area contributed by atoms with Crippen LogP contribution in [0.5, 0.6) is 11.5 Å². The molecule has 20 heavy (non-hydrogen) atoms. The van der Waals surface area contributed by atoms with Gasteiger partial charge in [-0.3, -0.25) is 0 Å². The van der Waals surface area contributed by atoms with Crippen molar-refractivity contribution >= 4 is 0 Å². The number of benzene rings is 1. The van der Waals surface area contributed by atoms with Crippen LogP contribution in [0.15, 0.2) is 24.3 Å². The highest BCUT2D eigenvalue weighted by molar-refractivity contribution is 5.33. The molecule has 0 saturated heterocycles. The predicted octanol–water partition coefficient (Wildman–Crippen LogP) is 2.62. The third-order valence-electron chi connectivity index (χ3n) is 3.54. The summed E-state index contributed by atoms with van der Waals surface area (Å²) in [6, 6.07) is 8.19. The molecule has 1 aromatic carbocycles. The second-order valence-corrected chi connectivity index (χ2v) is 5.03. The minimum atomic E-state index is 0.121. The molecule has 3 unspecified atom stereocenters. The van der Waals surface area contributed by atoms with E-state index in [-0.39, 0.29) is 12.2 Å². The molecule has 112 valence electrons. The fraction of sp³-hybridized carbons (Fsp3) is 0.625. The molecule has 1 aliphatic rings. The number of nitrogens with one attached hydrogen (secondary N) is 1. The molecule has 1 saturated carbocycles. The standard InChI is InChI=1S/C16H25NO3/c1-4-9-19-16-14(17-3)11-15(16)20-13-8-6-7-12(10-13)18-5-2/h6-8,10,14-17H,4-5,9,11H2,1-3H3. The Balaban J connectivity index is 1.93. The summed E-state index contributed by atoms with van der Waals surface area (Å²) < 4.78 is 17.4. The Labute approximate surface area is 121 Å². The van der Waals surface area contributed by atoms with Crippen LogP contribution < -0.4 is 14.8 Å². The van der Waals surface area contributed by atoms with Gasteiger partial charge in [0, 0.05) is 25.1 Å². The fourth-order valence-corrected chi connectivity index (χ4v) is 2.44. The first-order valence-corrected chi connectivity index (χ1v) is 7.46. The summed E-state index contributed by atoms with van der Waals surface area (Å²) in [6.07, 6.45) is 2.26. The summed E-state index contributed by atoms with van der Waals surface area (Å²) in [5.74, 6) is 1.70. The fourth-order valence-electron chi connectivity index (χ4n) is 2.44. The molecule has 0 radical (unpaired) electrons. The molecule has 0 spiro atoms. The van der Waals surface area contributed by atoms with Crippen LogP contribution in [0.25, 0.3) is 0 Å². The third-order valence-corrected chi connectivity index (χ3v) is 3.54. The maximum absolute atomic E-state index is 6.03. The van der Waals surface area contributed by atoms with Crippen molar-refractivity contribution in [1.29, 1.82) is 0 Å². The minimum absolute atomic E-state index is 0.121. The van der Waals surface area contributed by atoms with Crippen molar-refractivity contribution in [2.75, 3.05) is 20.3 Å². The molecule has 4 nitrogen and oxygen atoms in total. The molecule has 2 rings (SSSR count). The normalized spacial score (nSPS) is 25.1. The van der Waals surface area contributed by atoms with Gasteiger partial charge in [0.1, 0.15) is 23.7 Å². The summed E-state index contributed by atoms with van der Waals surface area (Å²) in [6.45, 7) is 5.54. The average Bonchev–Trinajstić information content (AvgIpc) is 2.44. The molecule has 0 amide bonds. The average molecular weight is 279 g/mol. The van der Waals surface area contributed by atoms with E-state index in [9.17, 15) is 0 Å². The number of ether oxygens (including phenoxy) is 3. The smallest absolute Gasteiger partial charge is 0.128 e. The van der Waals surface area contributed by atoms with Crippen LogP contribution in [0, 0.1) is 0 Å². The molecule has 0 aromatic heterocycles. The van der Waals surface area contributed by atoms with E-state index < -0.39 is 0 Å². The van der Waals surface area contributed by atoms with Crippen LogP contribution >= 0.6 is 0 Å². The predicted molar refractivity (Wildman–Crippen MR) is 79.5 cm³/mol. The molecular formula is C16H25NO3. The van der Waals surface area contributed by atoms with Gasteiger partial charge < -0.3 is 19.5 Å². The molecule has 1 N–H and O–H groups in total. The summed E-state index contributed by atoms with van der Waals surface area (Å²) in [5, 5.41) is 3.28. The van der Waals surface area contributed by atoms with E-state index in [2.05, 4.69) is 12.2 Å². The Kier molecular flexibility index (Phi) is 5.68. The van der Waals surface area contributed by atoms with E-state index in [0.717, 1.165) is 30.9 Å². The summed E-state index contributed by atoms with van der Waals surface area (Å²) in [5.41, 5.74) is 0. The zero-order chi connectivity index (χ0) is 14.4. The first kappa shape index (κ1) is 15.1. The zero-order valence-corrected chi connectivity index (χ0v) is 12.6. The van der Waals surface area contributed by atoms with Crippen LogP contribution in [0.4, 0.5) is 0 Å². The number of likely N-dealkylation sites (N-methyl/N-ethyl adjacent to an activating group) is 1. The SMILES string of the molecule is CCCOC1C(NC)CC1Oc1cccc(OCC)c1. The van der Waals surface area contributed by atoms with Gasteiger partial charge >= 0.3 is 0 Å². The molecule has 1 aromatic rings. The van der Waals surface area contributed by atoms with Gasteiger partial charge in [0.05, 0.1) is 6.61 Å². The van der Waals surface area contributed by atoms with Crippen molar-refractivity contribution < 1.29 is 14.2 Å². The van der Waals surface area contributed by atoms with Gasteiger partial charge in [-0.05, 0) is 32.5 Å². The molecular weight excluding hydrogens is 254 g/mol. The lowest BCUT2D eigenvalue weighted by molar-refractivity contribution is -0.106. The van der Waals surface area contributed by atoms with Gasteiger partial charge in [-0.1, -0.05) is 13.0 Å². The van der Waals surface area contributed by atoms with Crippen molar-refractivity contribution in [3.8, 4) is 11.5 Å². The largest absolute Gasteiger partial charge is 0.494 e. The number of hydrogen-bond donors (Lipinski definition) is 1. The number of hydrogen-bond acceptors (Lipinski definition) is 4. The van der Waals surface area contributed by atoms with Crippen molar-refractivity contribution in [3.05, 3.63) is 24.3 Å². The molecule has 0 bridgehead atoms. The minimum Gasteiger partial charge on any atom is -0.494 e. The van der Waals surface area contributed by atoms with E-state index >= 15 is 0 Å². The van der Waals surface area contributed by atoms with Crippen molar-refractivity contribution in [2.45, 2.75) is 44.9 Å². The topological polar surface area (TPSA) is 39.7 Å². The summed E-state index contributed by atoms with van der Waals surface area (Å²) in [4.78, 5) is 0. The van der Waals surface area contributed by atoms with E-state index in [1.165, 1.54) is 0 Å². The Morgan fingerprint density at radius 2 is 2.05 bits per heavy atom. The Morgan fingerprint density at radius 1 is 1.25 bits per heavy atom. The van der Waals surface area contributed by atoms with E-state index in [0.29, 0.717) is 12.6 Å². The van der Waals surface area contributed by atoms with Gasteiger partial charge in [0.25, 0.3) is 0 Å². The van der Waals surface area contributed by atoms with Gasteiger partial charge in [0.2, 0.25) is 0 Å². The van der Waals surface area contributed by atoms with Crippen LogP contribution in [-0.2, 0) is 4.74 Å². The highest BCUT2D eigenvalue weighted by Crippen LogP contribution is 2.30. The first-order valence-electron chi connectivity index (χ1n) is 7.46. The lowest BCUT2D eigenvalue weighted by atomic mass is 9.85. The van der Waals surface area contributed by atoms with Gasteiger partial charge in [-0.2, -0.15) is 0 Å². The quantitative estimate of drug-likeness (QED) is 0.794. The van der Waals surface area contributed by atoms with Crippen LogP contribution in [0.1, 0.15) is 26.7 Å². The summed E-state index contributed by atoms with van der Waals surface area (Å²) >= 11 is 0. The number of rotatable bonds is 8. The zero-order valence-electron chi connectivity index (χ0n) is 12.6. The highest BCUT2D eigenvalue weighted by Gasteiger charge is 2.42. The molecule has 1 fully saturated rings. The summed E-state index contributed by atoms with van der Waals surface area (Å²) in [7, 11) is 1.97. The van der Waals surface area contributed by atoms with Crippen molar-refractivity contribution in [2.24, 2.45) is 0 Å².